The lowest BCUT2D eigenvalue weighted by Crippen LogP contribution is -2.35. The molecule has 1 atom stereocenters. The first-order chi connectivity index (χ1) is 21.1. The quantitative estimate of drug-likeness (QED) is 0.247. The van der Waals surface area contributed by atoms with Gasteiger partial charge in [-0.25, -0.2) is 18.7 Å². The molecular weight excluding hydrogens is 584 g/mol. The molecule has 0 amide bonds. The molecule has 0 spiro atoms. The van der Waals surface area contributed by atoms with Crippen LogP contribution in [0.5, 0.6) is 5.75 Å². The molecule has 1 aromatic carbocycles. The second-order valence-electron chi connectivity index (χ2n) is 10.5. The first kappa shape index (κ1) is 30.9. The highest BCUT2D eigenvalue weighted by molar-refractivity contribution is 5.50. The summed E-state index contributed by atoms with van der Waals surface area (Å²) in [6.07, 6.45) is 0.718. The van der Waals surface area contributed by atoms with Crippen molar-refractivity contribution in [1.29, 1.82) is 0 Å². The van der Waals surface area contributed by atoms with Gasteiger partial charge >= 0.3 is 6.18 Å². The summed E-state index contributed by atoms with van der Waals surface area (Å²) in [6, 6.07) is 9.23. The molecule has 234 valence electrons. The molecule has 0 aliphatic carbocycles. The molecule has 15 heteroatoms. The molecule has 1 unspecified atom stereocenters. The van der Waals surface area contributed by atoms with E-state index in [1.807, 2.05) is 0 Å². The number of hydrogen-bond donors (Lipinski definition) is 1. The third-order valence-electron chi connectivity index (χ3n) is 7.27. The number of pyridine rings is 1. The smallest absolute Gasteiger partial charge is 0.423 e. The minimum atomic E-state index is -4.89. The van der Waals surface area contributed by atoms with Crippen LogP contribution in [0.15, 0.2) is 59.8 Å². The minimum absolute atomic E-state index is 0.0438. The standard InChI is InChI=1S/C29H32F4N8O3/c1-19(36-25-14-35-41(28(42)27(25)29(31,32)33)15-20-3-6-24(43-2)7-4-20)17-44-18-22-16-40(38-37-22)23-9-11-39(12-10-23)26-8-5-21(30)13-34-26/h3-8,13-14,16,19,23,36H,9-12,15,17-18H2,1-2H3. The molecule has 1 fully saturated rings. The number of benzene rings is 1. The summed E-state index contributed by atoms with van der Waals surface area (Å²) < 4.78 is 68.4. The van der Waals surface area contributed by atoms with Crippen LogP contribution >= 0.6 is 0 Å². The van der Waals surface area contributed by atoms with Crippen LogP contribution in [-0.4, -0.2) is 62.6 Å². The molecule has 0 radical (unpaired) electrons. The second kappa shape index (κ2) is 13.4. The molecule has 0 saturated carbocycles. The van der Waals surface area contributed by atoms with Gasteiger partial charge in [-0.2, -0.15) is 18.3 Å². The Morgan fingerprint density at radius 3 is 2.50 bits per heavy atom. The number of nitrogens with one attached hydrogen (secondary N) is 1. The normalized spacial score (nSPS) is 14.9. The highest BCUT2D eigenvalue weighted by Crippen LogP contribution is 2.32. The van der Waals surface area contributed by atoms with Crippen LogP contribution in [0.25, 0.3) is 0 Å². The summed E-state index contributed by atoms with van der Waals surface area (Å²) >= 11 is 0. The highest BCUT2D eigenvalue weighted by Gasteiger charge is 2.38. The number of hydrogen-bond acceptors (Lipinski definition) is 9. The fourth-order valence-electron chi connectivity index (χ4n) is 5.01. The van der Waals surface area contributed by atoms with Gasteiger partial charge in [0.05, 0.1) is 57.2 Å². The molecule has 3 aromatic heterocycles. The summed E-state index contributed by atoms with van der Waals surface area (Å²) in [5.41, 5.74) is -1.81. The van der Waals surface area contributed by atoms with Crippen molar-refractivity contribution in [2.45, 2.75) is 51.2 Å². The number of nitrogens with zero attached hydrogens (tertiary/aromatic N) is 7. The Labute approximate surface area is 250 Å². The maximum Gasteiger partial charge on any atom is 0.423 e. The van der Waals surface area contributed by atoms with Crippen LogP contribution in [0.4, 0.5) is 29.1 Å². The molecule has 11 nitrogen and oxygen atoms in total. The van der Waals surface area contributed by atoms with Crippen LogP contribution in [-0.2, 0) is 24.1 Å². The van der Waals surface area contributed by atoms with Crippen LogP contribution < -0.4 is 20.5 Å². The van der Waals surface area contributed by atoms with Crippen molar-refractivity contribution >= 4 is 11.5 Å². The van der Waals surface area contributed by atoms with Gasteiger partial charge < -0.3 is 19.7 Å². The lowest BCUT2D eigenvalue weighted by atomic mass is 10.1. The van der Waals surface area contributed by atoms with Crippen molar-refractivity contribution in [3.05, 3.63) is 88.0 Å². The van der Waals surface area contributed by atoms with Crippen LogP contribution in [0.3, 0.4) is 0 Å². The fourth-order valence-corrected chi connectivity index (χ4v) is 5.01. The van der Waals surface area contributed by atoms with E-state index in [0.717, 1.165) is 42.6 Å². The molecule has 4 aromatic rings. The van der Waals surface area contributed by atoms with E-state index in [4.69, 9.17) is 9.47 Å². The number of ether oxygens (including phenoxy) is 2. The SMILES string of the molecule is COc1ccc(Cn2ncc(NC(C)COCc3cn(C4CCN(c5ccc(F)cn5)CC4)nn3)c(C(F)(F)F)c2=O)cc1. The third-order valence-corrected chi connectivity index (χ3v) is 7.27. The van der Waals surface area contributed by atoms with E-state index in [9.17, 15) is 22.4 Å². The van der Waals surface area contributed by atoms with E-state index in [0.29, 0.717) is 17.0 Å². The number of piperidine rings is 1. The topological polar surface area (TPSA) is 112 Å². The Balaban J connectivity index is 1.14. The first-order valence-electron chi connectivity index (χ1n) is 14.0. The van der Waals surface area contributed by atoms with Gasteiger partial charge in [-0.1, -0.05) is 17.3 Å². The lowest BCUT2D eigenvalue weighted by Gasteiger charge is -2.32. The van der Waals surface area contributed by atoms with E-state index in [1.165, 1.54) is 19.4 Å². The minimum Gasteiger partial charge on any atom is -0.497 e. The third kappa shape index (κ3) is 7.51. The van der Waals surface area contributed by atoms with E-state index < -0.39 is 29.0 Å². The zero-order chi connectivity index (χ0) is 31.3. The van der Waals surface area contributed by atoms with Crippen molar-refractivity contribution in [2.24, 2.45) is 0 Å². The van der Waals surface area contributed by atoms with Gasteiger partial charge in [0.15, 0.2) is 0 Å². The lowest BCUT2D eigenvalue weighted by molar-refractivity contribution is -0.138. The molecule has 4 heterocycles. The Morgan fingerprint density at radius 2 is 1.84 bits per heavy atom. The van der Waals surface area contributed by atoms with Crippen LogP contribution in [0.1, 0.15) is 42.6 Å². The first-order valence-corrected chi connectivity index (χ1v) is 14.0. The molecule has 5 rings (SSSR count). The van der Waals surface area contributed by atoms with Crippen molar-refractivity contribution in [1.82, 2.24) is 29.8 Å². The highest BCUT2D eigenvalue weighted by atomic mass is 19.4. The van der Waals surface area contributed by atoms with Gasteiger partial charge in [-0.05, 0) is 49.6 Å². The van der Waals surface area contributed by atoms with Gasteiger partial charge in [0.25, 0.3) is 5.56 Å². The van der Waals surface area contributed by atoms with E-state index in [1.54, 1.807) is 48.1 Å². The number of halogens is 4. The van der Waals surface area contributed by atoms with Crippen molar-refractivity contribution < 1.29 is 27.0 Å². The zero-order valence-corrected chi connectivity index (χ0v) is 24.2. The average Bonchev–Trinajstić information content (AvgIpc) is 3.48. The van der Waals surface area contributed by atoms with Crippen LogP contribution in [0.2, 0.25) is 0 Å². The predicted octanol–water partition coefficient (Wildman–Crippen LogP) is 4.30. The average molecular weight is 617 g/mol. The molecular formula is C29H32F4N8O3. The monoisotopic (exact) mass is 616 g/mol. The van der Waals surface area contributed by atoms with E-state index >= 15 is 0 Å². The van der Waals surface area contributed by atoms with Gasteiger partial charge in [-0.15, -0.1) is 5.10 Å². The maximum atomic E-state index is 14.0. The molecule has 0 bridgehead atoms. The summed E-state index contributed by atoms with van der Waals surface area (Å²) in [5.74, 6) is 0.942. The van der Waals surface area contributed by atoms with Crippen molar-refractivity contribution in [3.63, 3.8) is 0 Å². The number of aromatic nitrogens is 6. The van der Waals surface area contributed by atoms with Crippen molar-refractivity contribution in [3.8, 4) is 5.75 Å². The second-order valence-corrected chi connectivity index (χ2v) is 10.5. The summed E-state index contributed by atoms with van der Waals surface area (Å²) in [5, 5.41) is 15.1. The zero-order valence-electron chi connectivity index (χ0n) is 24.2. The molecule has 1 aliphatic heterocycles. The van der Waals surface area contributed by atoms with E-state index in [2.05, 4.69) is 30.6 Å². The fraction of sp³-hybridized carbons (Fsp3) is 0.414. The van der Waals surface area contributed by atoms with E-state index in [-0.39, 0.29) is 31.6 Å². The molecule has 1 aliphatic rings. The Kier molecular flexibility index (Phi) is 9.42. The van der Waals surface area contributed by atoms with Crippen molar-refractivity contribution in [2.75, 3.05) is 37.0 Å². The van der Waals surface area contributed by atoms with Crippen LogP contribution in [0, 0.1) is 5.82 Å². The largest absolute Gasteiger partial charge is 0.497 e. The summed E-state index contributed by atoms with van der Waals surface area (Å²) in [4.78, 5) is 19.1. The van der Waals surface area contributed by atoms with Gasteiger partial charge in [0.1, 0.15) is 28.6 Å². The predicted molar refractivity (Wildman–Crippen MR) is 153 cm³/mol. The van der Waals surface area contributed by atoms with Gasteiger partial charge in [0.2, 0.25) is 0 Å². The number of methoxy groups -OCH3 is 1. The summed E-state index contributed by atoms with van der Waals surface area (Å²) in [7, 11) is 1.50. The Bertz CT molecular complexity index is 1580. The molecule has 1 saturated heterocycles. The number of anilines is 2. The maximum absolute atomic E-state index is 14.0. The molecule has 1 N–H and O–H groups in total. The molecule has 44 heavy (non-hydrogen) atoms. The van der Waals surface area contributed by atoms with Gasteiger partial charge in [-0.3, -0.25) is 4.79 Å². The Hall–Kier alpha value is -4.53. The van der Waals surface area contributed by atoms with Gasteiger partial charge in [0, 0.05) is 19.1 Å². The summed E-state index contributed by atoms with van der Waals surface area (Å²) in [6.45, 7) is 3.14. The number of alkyl halides is 3. The number of rotatable bonds is 11. The Morgan fingerprint density at radius 1 is 1.09 bits per heavy atom.